The van der Waals surface area contributed by atoms with Gasteiger partial charge in [-0.2, -0.15) is 0 Å². The third-order valence-electron chi connectivity index (χ3n) is 3.82. The number of hydrogen-bond donors (Lipinski definition) is 1. The number of hydrogen-bond acceptors (Lipinski definition) is 5. The van der Waals surface area contributed by atoms with Crippen LogP contribution in [0.5, 0.6) is 5.75 Å². The summed E-state index contributed by atoms with van der Waals surface area (Å²) in [4.78, 5) is 47.6. The van der Waals surface area contributed by atoms with Crippen LogP contribution >= 0.6 is 0 Å². The van der Waals surface area contributed by atoms with Crippen molar-refractivity contribution in [2.75, 3.05) is 6.61 Å². The number of benzene rings is 1. The molecule has 1 atom stereocenters. The smallest absolute Gasteiger partial charge is 0.258 e. The van der Waals surface area contributed by atoms with E-state index in [1.165, 1.54) is 4.90 Å². The first-order valence-electron chi connectivity index (χ1n) is 6.95. The molecule has 1 N–H and O–H groups in total. The zero-order chi connectivity index (χ0) is 15.7. The molecule has 2 aliphatic heterocycles. The highest BCUT2D eigenvalue weighted by molar-refractivity contribution is 6.06. The van der Waals surface area contributed by atoms with Gasteiger partial charge in [0.2, 0.25) is 11.8 Å². The fourth-order valence-corrected chi connectivity index (χ4v) is 2.83. The lowest BCUT2D eigenvalue weighted by Crippen LogP contribution is -2.52. The monoisotopic (exact) mass is 302 g/mol. The second kappa shape index (κ2) is 5.59. The first-order chi connectivity index (χ1) is 10.6. The highest BCUT2D eigenvalue weighted by atomic mass is 16.5. The Morgan fingerprint density at radius 2 is 2.14 bits per heavy atom. The van der Waals surface area contributed by atoms with E-state index < -0.39 is 11.9 Å². The average molecular weight is 302 g/mol. The van der Waals surface area contributed by atoms with Gasteiger partial charge in [0, 0.05) is 13.0 Å². The molecule has 2 aliphatic rings. The number of piperidine rings is 1. The van der Waals surface area contributed by atoms with Crippen molar-refractivity contribution in [1.29, 1.82) is 0 Å². The number of amides is 3. The maximum Gasteiger partial charge on any atom is 0.258 e. The molecule has 3 amide bonds. The highest BCUT2D eigenvalue weighted by Crippen LogP contribution is 2.33. The molecule has 7 nitrogen and oxygen atoms in total. The zero-order valence-electron chi connectivity index (χ0n) is 11.7. The number of ether oxygens (including phenoxy) is 1. The van der Waals surface area contributed by atoms with Gasteiger partial charge in [-0.15, -0.1) is 0 Å². The summed E-state index contributed by atoms with van der Waals surface area (Å²) in [5, 5.41) is 2.25. The molecule has 0 radical (unpaired) electrons. The van der Waals surface area contributed by atoms with E-state index in [9.17, 15) is 19.2 Å². The summed E-state index contributed by atoms with van der Waals surface area (Å²) < 4.78 is 5.28. The van der Waals surface area contributed by atoms with E-state index in [1.807, 2.05) is 0 Å². The molecule has 1 aromatic carbocycles. The summed E-state index contributed by atoms with van der Waals surface area (Å²) in [6.07, 6.45) is 1.14. The predicted molar refractivity (Wildman–Crippen MR) is 74.0 cm³/mol. The molecule has 0 aliphatic carbocycles. The van der Waals surface area contributed by atoms with Crippen molar-refractivity contribution in [3.05, 3.63) is 29.3 Å². The van der Waals surface area contributed by atoms with Gasteiger partial charge in [-0.1, -0.05) is 12.1 Å². The Balaban J connectivity index is 1.86. The molecule has 2 heterocycles. The SMILES string of the molecule is O=CCOc1cccc2c1C(=O)N(C1CCC(=O)NC1=O)C2. The van der Waals surface area contributed by atoms with Crippen molar-refractivity contribution in [3.63, 3.8) is 0 Å². The minimum atomic E-state index is -0.656. The van der Waals surface area contributed by atoms with Crippen LogP contribution in [-0.2, 0) is 20.9 Å². The highest BCUT2D eigenvalue weighted by Gasteiger charge is 2.40. The number of nitrogens with zero attached hydrogens (tertiary/aromatic N) is 1. The molecule has 0 aromatic heterocycles. The van der Waals surface area contributed by atoms with E-state index >= 15 is 0 Å². The molecule has 22 heavy (non-hydrogen) atoms. The molecule has 3 rings (SSSR count). The summed E-state index contributed by atoms with van der Waals surface area (Å²) >= 11 is 0. The third-order valence-corrected chi connectivity index (χ3v) is 3.82. The van der Waals surface area contributed by atoms with Gasteiger partial charge < -0.3 is 9.64 Å². The van der Waals surface area contributed by atoms with Gasteiger partial charge >= 0.3 is 0 Å². The van der Waals surface area contributed by atoms with Crippen LogP contribution in [0.4, 0.5) is 0 Å². The van der Waals surface area contributed by atoms with E-state index in [1.54, 1.807) is 18.2 Å². The molecular weight excluding hydrogens is 288 g/mol. The number of imide groups is 1. The Bertz CT molecular complexity index is 670. The molecule has 1 saturated heterocycles. The Labute approximate surface area is 126 Å². The number of aldehydes is 1. The van der Waals surface area contributed by atoms with E-state index in [-0.39, 0.29) is 24.8 Å². The van der Waals surface area contributed by atoms with Crippen LogP contribution in [0.2, 0.25) is 0 Å². The number of fused-ring (bicyclic) bond motifs is 1. The average Bonchev–Trinajstić information content (AvgIpc) is 2.83. The summed E-state index contributed by atoms with van der Waals surface area (Å²) in [6, 6.07) is 4.48. The first-order valence-corrected chi connectivity index (χ1v) is 6.95. The van der Waals surface area contributed by atoms with E-state index in [0.29, 0.717) is 30.6 Å². The van der Waals surface area contributed by atoms with Crippen molar-refractivity contribution in [2.24, 2.45) is 0 Å². The molecule has 0 spiro atoms. The van der Waals surface area contributed by atoms with Gasteiger partial charge in [-0.3, -0.25) is 24.5 Å². The van der Waals surface area contributed by atoms with Crippen LogP contribution in [0.1, 0.15) is 28.8 Å². The quantitative estimate of drug-likeness (QED) is 0.625. The third kappa shape index (κ3) is 2.34. The Kier molecular flexibility index (Phi) is 3.62. The van der Waals surface area contributed by atoms with Gasteiger partial charge in [0.05, 0.1) is 5.56 Å². The van der Waals surface area contributed by atoms with E-state index in [2.05, 4.69) is 5.32 Å². The second-order valence-electron chi connectivity index (χ2n) is 5.17. The maximum absolute atomic E-state index is 12.6. The Morgan fingerprint density at radius 3 is 2.86 bits per heavy atom. The Hall–Kier alpha value is -2.70. The molecular formula is C15H14N2O5. The molecule has 114 valence electrons. The lowest BCUT2D eigenvalue weighted by molar-refractivity contribution is -0.136. The molecule has 0 bridgehead atoms. The van der Waals surface area contributed by atoms with Crippen molar-refractivity contribution >= 4 is 24.0 Å². The van der Waals surface area contributed by atoms with Gasteiger partial charge in [0.15, 0.2) is 6.29 Å². The topological polar surface area (TPSA) is 92.8 Å². The van der Waals surface area contributed by atoms with Gasteiger partial charge in [-0.25, -0.2) is 0 Å². The number of carbonyl (C=O) groups is 4. The van der Waals surface area contributed by atoms with Crippen LogP contribution in [0.3, 0.4) is 0 Å². The van der Waals surface area contributed by atoms with Crippen LogP contribution in [0.25, 0.3) is 0 Å². The van der Waals surface area contributed by atoms with Crippen LogP contribution in [0, 0.1) is 0 Å². The second-order valence-corrected chi connectivity index (χ2v) is 5.17. The van der Waals surface area contributed by atoms with Crippen LogP contribution in [0.15, 0.2) is 18.2 Å². The van der Waals surface area contributed by atoms with E-state index in [4.69, 9.17) is 4.74 Å². The zero-order valence-corrected chi connectivity index (χ0v) is 11.7. The van der Waals surface area contributed by atoms with Gasteiger partial charge in [0.1, 0.15) is 18.4 Å². The largest absolute Gasteiger partial charge is 0.485 e. The van der Waals surface area contributed by atoms with Crippen molar-refractivity contribution < 1.29 is 23.9 Å². The first kappa shape index (κ1) is 14.2. The van der Waals surface area contributed by atoms with Crippen molar-refractivity contribution in [2.45, 2.75) is 25.4 Å². The maximum atomic E-state index is 12.6. The fraction of sp³-hybridized carbons (Fsp3) is 0.333. The van der Waals surface area contributed by atoms with Crippen molar-refractivity contribution in [1.82, 2.24) is 10.2 Å². The minimum Gasteiger partial charge on any atom is -0.485 e. The molecule has 7 heteroatoms. The van der Waals surface area contributed by atoms with Crippen molar-refractivity contribution in [3.8, 4) is 5.75 Å². The standard InChI is InChI=1S/C15H14N2O5/c18-6-7-22-11-3-1-2-9-8-17(15(21)13(9)11)10-4-5-12(19)16-14(10)20/h1-3,6,10H,4-5,7-8H2,(H,16,19,20). The van der Waals surface area contributed by atoms with E-state index in [0.717, 1.165) is 5.56 Å². The normalized spacial score (nSPS) is 20.6. The van der Waals surface area contributed by atoms with Crippen LogP contribution in [-0.4, -0.2) is 41.6 Å². The summed E-state index contributed by atoms with van der Waals surface area (Å²) in [6.45, 7) is 0.154. The number of nitrogens with one attached hydrogen (secondary N) is 1. The minimum absolute atomic E-state index is 0.137. The summed E-state index contributed by atoms with van der Waals surface area (Å²) in [5.74, 6) is -0.747. The number of carbonyl (C=O) groups excluding carboxylic acids is 4. The predicted octanol–water partition coefficient (Wildman–Crippen LogP) is 0.0253. The molecule has 0 saturated carbocycles. The fourth-order valence-electron chi connectivity index (χ4n) is 2.83. The lowest BCUT2D eigenvalue weighted by Gasteiger charge is -2.29. The lowest BCUT2D eigenvalue weighted by atomic mass is 10.0. The van der Waals surface area contributed by atoms with Gasteiger partial charge in [-0.05, 0) is 18.1 Å². The Morgan fingerprint density at radius 1 is 1.32 bits per heavy atom. The molecule has 1 fully saturated rings. The van der Waals surface area contributed by atoms with Gasteiger partial charge in [0.25, 0.3) is 5.91 Å². The summed E-state index contributed by atoms with van der Waals surface area (Å²) in [5.41, 5.74) is 1.13. The summed E-state index contributed by atoms with van der Waals surface area (Å²) in [7, 11) is 0. The number of rotatable bonds is 4. The molecule has 1 unspecified atom stereocenters. The molecule has 1 aromatic rings. The van der Waals surface area contributed by atoms with Crippen LogP contribution < -0.4 is 10.1 Å².